The number of carbonyl (C=O) groups excluding carboxylic acids is 1. The van der Waals surface area contributed by atoms with E-state index in [1.165, 1.54) is 0 Å². The SMILES string of the molecule is O=C1CC(S(=O)(=O)Cl)CN1CC1CC1. The number of hydrogen-bond donors (Lipinski definition) is 0. The standard InChI is InChI=1S/C8H12ClNO3S/c9-14(12,13)7-3-8(11)10(5-7)4-6-1-2-6/h6-7H,1-5H2. The lowest BCUT2D eigenvalue weighted by Gasteiger charge is -2.14. The Labute approximate surface area is 87.6 Å². The van der Waals surface area contributed by atoms with Gasteiger partial charge in [-0.05, 0) is 18.8 Å². The molecule has 0 spiro atoms. The van der Waals surface area contributed by atoms with Crippen molar-refractivity contribution in [1.82, 2.24) is 4.90 Å². The van der Waals surface area contributed by atoms with E-state index in [2.05, 4.69) is 0 Å². The van der Waals surface area contributed by atoms with Crippen molar-refractivity contribution < 1.29 is 13.2 Å². The highest BCUT2D eigenvalue weighted by atomic mass is 35.7. The van der Waals surface area contributed by atoms with E-state index in [0.717, 1.165) is 12.8 Å². The van der Waals surface area contributed by atoms with Crippen molar-refractivity contribution in [3.05, 3.63) is 0 Å². The molecule has 1 saturated heterocycles. The monoisotopic (exact) mass is 237 g/mol. The van der Waals surface area contributed by atoms with Crippen LogP contribution in [0.15, 0.2) is 0 Å². The van der Waals surface area contributed by atoms with Crippen LogP contribution >= 0.6 is 10.7 Å². The van der Waals surface area contributed by atoms with Crippen molar-refractivity contribution in [3.63, 3.8) is 0 Å². The van der Waals surface area contributed by atoms with Gasteiger partial charge in [-0.1, -0.05) is 0 Å². The van der Waals surface area contributed by atoms with Gasteiger partial charge >= 0.3 is 0 Å². The second-order valence-electron chi connectivity index (χ2n) is 4.04. The fraction of sp³-hybridized carbons (Fsp3) is 0.875. The Morgan fingerprint density at radius 2 is 2.07 bits per heavy atom. The Hall–Kier alpha value is -0.290. The smallest absolute Gasteiger partial charge is 0.237 e. The molecule has 6 heteroatoms. The van der Waals surface area contributed by atoms with Crippen LogP contribution in [0.5, 0.6) is 0 Å². The summed E-state index contributed by atoms with van der Waals surface area (Å²) >= 11 is 0. The van der Waals surface area contributed by atoms with Crippen LogP contribution in [0.3, 0.4) is 0 Å². The zero-order chi connectivity index (χ0) is 10.3. The second-order valence-corrected chi connectivity index (χ2v) is 6.95. The van der Waals surface area contributed by atoms with Crippen molar-refractivity contribution >= 4 is 25.6 Å². The van der Waals surface area contributed by atoms with E-state index in [0.29, 0.717) is 12.5 Å². The van der Waals surface area contributed by atoms with Gasteiger partial charge in [-0.2, -0.15) is 0 Å². The summed E-state index contributed by atoms with van der Waals surface area (Å²) in [6.07, 6.45) is 2.36. The largest absolute Gasteiger partial charge is 0.341 e. The maximum absolute atomic E-state index is 11.4. The van der Waals surface area contributed by atoms with E-state index in [4.69, 9.17) is 10.7 Å². The summed E-state index contributed by atoms with van der Waals surface area (Å²) in [6, 6.07) is 0. The molecule has 1 atom stereocenters. The average molecular weight is 238 g/mol. The maximum Gasteiger partial charge on any atom is 0.237 e. The first-order valence-electron chi connectivity index (χ1n) is 4.68. The van der Waals surface area contributed by atoms with Crippen LogP contribution in [0.2, 0.25) is 0 Å². The van der Waals surface area contributed by atoms with Crippen LogP contribution in [0.1, 0.15) is 19.3 Å². The molecule has 0 N–H and O–H groups in total. The Bertz CT molecular complexity index is 350. The van der Waals surface area contributed by atoms with E-state index in [9.17, 15) is 13.2 Å². The van der Waals surface area contributed by atoms with Gasteiger partial charge in [-0.3, -0.25) is 4.79 Å². The Kier molecular flexibility index (Phi) is 2.47. The fourth-order valence-electron chi connectivity index (χ4n) is 1.71. The molecular formula is C8H12ClNO3S. The van der Waals surface area contributed by atoms with Crippen LogP contribution in [-0.4, -0.2) is 37.6 Å². The Morgan fingerprint density at radius 3 is 2.50 bits per heavy atom. The quantitative estimate of drug-likeness (QED) is 0.675. The highest BCUT2D eigenvalue weighted by Crippen LogP contribution is 2.32. The summed E-state index contributed by atoms with van der Waals surface area (Å²) in [5.74, 6) is 0.516. The first-order chi connectivity index (χ1) is 6.47. The van der Waals surface area contributed by atoms with Gasteiger partial charge in [0.1, 0.15) is 5.25 Å². The van der Waals surface area contributed by atoms with Crippen molar-refractivity contribution in [1.29, 1.82) is 0 Å². The molecule has 2 aliphatic rings. The molecule has 0 aromatic heterocycles. The summed E-state index contributed by atoms with van der Waals surface area (Å²) in [5, 5.41) is -0.699. The summed E-state index contributed by atoms with van der Waals surface area (Å²) in [5.41, 5.74) is 0. The van der Waals surface area contributed by atoms with E-state index < -0.39 is 14.3 Å². The van der Waals surface area contributed by atoms with Crippen LogP contribution < -0.4 is 0 Å². The molecule has 0 radical (unpaired) electrons. The Morgan fingerprint density at radius 1 is 1.43 bits per heavy atom. The minimum Gasteiger partial charge on any atom is -0.341 e. The highest BCUT2D eigenvalue weighted by molar-refractivity contribution is 8.14. The molecule has 4 nitrogen and oxygen atoms in total. The molecule has 1 aliphatic heterocycles. The van der Waals surface area contributed by atoms with Gasteiger partial charge in [0, 0.05) is 30.2 Å². The third kappa shape index (κ3) is 2.20. The molecule has 1 saturated carbocycles. The molecule has 2 fully saturated rings. The summed E-state index contributed by atoms with van der Waals surface area (Å²) < 4.78 is 22.0. The molecule has 0 aromatic rings. The summed E-state index contributed by atoms with van der Waals surface area (Å²) in [4.78, 5) is 13.0. The topological polar surface area (TPSA) is 54.5 Å². The van der Waals surface area contributed by atoms with Gasteiger partial charge in [0.2, 0.25) is 15.0 Å². The minimum atomic E-state index is -3.57. The molecule has 1 amide bonds. The number of halogens is 1. The van der Waals surface area contributed by atoms with Crippen LogP contribution in [0.4, 0.5) is 0 Å². The molecular weight excluding hydrogens is 226 g/mol. The lowest BCUT2D eigenvalue weighted by molar-refractivity contribution is -0.127. The second kappa shape index (κ2) is 3.38. The first kappa shape index (κ1) is 10.2. The molecule has 1 aliphatic carbocycles. The van der Waals surface area contributed by atoms with Gasteiger partial charge in [-0.25, -0.2) is 8.42 Å². The van der Waals surface area contributed by atoms with Gasteiger partial charge in [-0.15, -0.1) is 0 Å². The number of carbonyl (C=O) groups is 1. The van der Waals surface area contributed by atoms with E-state index in [1.807, 2.05) is 0 Å². The lowest BCUT2D eigenvalue weighted by Crippen LogP contribution is -2.29. The number of amides is 1. The van der Waals surface area contributed by atoms with E-state index in [1.54, 1.807) is 4.90 Å². The van der Waals surface area contributed by atoms with Crippen LogP contribution in [0.25, 0.3) is 0 Å². The molecule has 0 aromatic carbocycles. The normalized spacial score (nSPS) is 28.5. The first-order valence-corrected chi connectivity index (χ1v) is 7.05. The van der Waals surface area contributed by atoms with Gasteiger partial charge in [0.15, 0.2) is 0 Å². The Balaban J connectivity index is 1.99. The number of hydrogen-bond acceptors (Lipinski definition) is 3. The van der Waals surface area contributed by atoms with Crippen molar-refractivity contribution in [3.8, 4) is 0 Å². The van der Waals surface area contributed by atoms with Gasteiger partial charge in [0.05, 0.1) is 0 Å². The minimum absolute atomic E-state index is 0.0541. The molecule has 14 heavy (non-hydrogen) atoms. The highest BCUT2D eigenvalue weighted by Gasteiger charge is 2.39. The molecule has 0 bridgehead atoms. The van der Waals surface area contributed by atoms with E-state index in [-0.39, 0.29) is 18.9 Å². The third-order valence-electron chi connectivity index (χ3n) is 2.75. The third-order valence-corrected chi connectivity index (χ3v) is 4.62. The lowest BCUT2D eigenvalue weighted by atomic mass is 10.4. The molecule has 2 rings (SSSR count). The van der Waals surface area contributed by atoms with E-state index >= 15 is 0 Å². The van der Waals surface area contributed by atoms with Crippen LogP contribution in [-0.2, 0) is 13.8 Å². The van der Waals surface area contributed by atoms with Gasteiger partial charge in [0.25, 0.3) is 0 Å². The zero-order valence-electron chi connectivity index (χ0n) is 7.65. The predicted molar refractivity (Wildman–Crippen MR) is 52.5 cm³/mol. The fourth-order valence-corrected chi connectivity index (χ4v) is 2.77. The number of rotatable bonds is 3. The molecule has 80 valence electrons. The summed E-state index contributed by atoms with van der Waals surface area (Å²) in [6.45, 7) is 0.989. The number of likely N-dealkylation sites (tertiary alicyclic amines) is 1. The van der Waals surface area contributed by atoms with Crippen LogP contribution in [0, 0.1) is 5.92 Å². The predicted octanol–water partition coefficient (Wildman–Crippen LogP) is 0.566. The van der Waals surface area contributed by atoms with Crippen molar-refractivity contribution in [2.24, 2.45) is 5.92 Å². The van der Waals surface area contributed by atoms with Crippen molar-refractivity contribution in [2.45, 2.75) is 24.5 Å². The maximum atomic E-state index is 11.4. The molecule has 1 heterocycles. The number of nitrogens with zero attached hydrogens (tertiary/aromatic N) is 1. The summed E-state index contributed by atoms with van der Waals surface area (Å²) in [7, 11) is 1.64. The van der Waals surface area contributed by atoms with Crippen molar-refractivity contribution in [2.75, 3.05) is 13.1 Å². The average Bonchev–Trinajstić information content (AvgIpc) is 2.76. The zero-order valence-corrected chi connectivity index (χ0v) is 9.22. The molecule has 1 unspecified atom stereocenters. The van der Waals surface area contributed by atoms with Gasteiger partial charge < -0.3 is 4.90 Å².